The van der Waals surface area contributed by atoms with Gasteiger partial charge in [0.2, 0.25) is 0 Å². The van der Waals surface area contributed by atoms with E-state index in [1.54, 1.807) is 0 Å². The van der Waals surface area contributed by atoms with E-state index in [9.17, 15) is 8.68 Å². The van der Waals surface area contributed by atoms with Gasteiger partial charge in [-0.1, -0.05) is 0 Å². The summed E-state index contributed by atoms with van der Waals surface area (Å²) < 4.78 is 12.4. The molecule has 1 aromatic rings. The van der Waals surface area contributed by atoms with E-state index < -0.39 is 5.69 Å². The first-order chi connectivity index (χ1) is 4.74. The second kappa shape index (κ2) is 2.70. The van der Waals surface area contributed by atoms with Crippen LogP contribution < -0.4 is 11.4 Å². The molecule has 0 radical (unpaired) electrons. The molecule has 0 spiro atoms. The lowest BCUT2D eigenvalue weighted by molar-refractivity contribution is 0.892. The molecule has 0 amide bonds. The third-order valence-corrected chi connectivity index (χ3v) is 1.29. The molecule has 1 aromatic heterocycles. The maximum Gasteiger partial charge on any atom is 0.361 e. The lowest BCUT2D eigenvalue weighted by atomic mass is 10.6. The molecule has 54 valence electrons. The Bertz CT molecular complexity index is 286. The molecule has 0 bridgehead atoms. The van der Waals surface area contributed by atoms with E-state index in [0.29, 0.717) is 0 Å². The number of nitrogens with two attached hydrogens (primary N) is 1. The molecule has 10 heavy (non-hydrogen) atoms. The van der Waals surface area contributed by atoms with Gasteiger partial charge >= 0.3 is 5.69 Å². The van der Waals surface area contributed by atoms with Gasteiger partial charge in [-0.25, -0.2) is 8.77 Å². The minimum Gasteiger partial charge on any atom is -0.383 e. The first-order valence-corrected chi connectivity index (χ1v) is 3.05. The fraction of sp³-hybridized carbons (Fsp3) is 0. The molecule has 1 rings (SSSR count). The molecular formula is C4H4FN3OS. The Kier molecular flexibility index (Phi) is 1.91. The quantitative estimate of drug-likeness (QED) is 0.639. The molecule has 1 heterocycles. The molecule has 0 saturated carbocycles. The molecule has 0 unspecified atom stereocenters. The predicted molar refractivity (Wildman–Crippen MR) is 37.0 cm³/mol. The van der Waals surface area contributed by atoms with Gasteiger partial charge in [-0.2, -0.15) is 4.98 Å². The smallest absolute Gasteiger partial charge is 0.361 e. The zero-order chi connectivity index (χ0) is 7.56. The zero-order valence-corrected chi connectivity index (χ0v) is 5.64. The van der Waals surface area contributed by atoms with Crippen molar-refractivity contribution < 1.29 is 3.89 Å². The Balaban J connectivity index is 3.20. The van der Waals surface area contributed by atoms with Crippen LogP contribution in [0.3, 0.4) is 0 Å². The van der Waals surface area contributed by atoms with E-state index >= 15 is 0 Å². The van der Waals surface area contributed by atoms with Gasteiger partial charge in [0.05, 0.1) is 0 Å². The highest BCUT2D eigenvalue weighted by Crippen LogP contribution is 2.01. The highest BCUT2D eigenvalue weighted by molar-refractivity contribution is 7.92. The average molecular weight is 161 g/mol. The predicted octanol–water partition coefficient (Wildman–Crippen LogP) is 0.206. The van der Waals surface area contributed by atoms with Crippen LogP contribution in [-0.2, 0) is 0 Å². The molecule has 6 heteroatoms. The number of nitrogens with zero attached hydrogens (tertiary/aromatic N) is 2. The molecule has 0 saturated heterocycles. The summed E-state index contributed by atoms with van der Waals surface area (Å²) in [6, 6.07) is 1.34. The number of hydrogen-bond acceptors (Lipinski definition) is 4. The van der Waals surface area contributed by atoms with E-state index in [-0.39, 0.29) is 18.2 Å². The van der Waals surface area contributed by atoms with Gasteiger partial charge in [0.15, 0.2) is 12.3 Å². The van der Waals surface area contributed by atoms with Crippen LogP contribution in [0.4, 0.5) is 9.70 Å². The maximum atomic E-state index is 11.7. The number of aromatic nitrogens is 2. The second-order valence-electron chi connectivity index (χ2n) is 1.53. The standard InChI is InChI=1S/C4H4FN3OS/c5-10-8-2-1-3(6)7-4(8)9/h1-2H,(H2,6,7,9). The molecule has 0 aliphatic rings. The molecule has 0 fully saturated rings. The van der Waals surface area contributed by atoms with Crippen LogP contribution in [0.25, 0.3) is 0 Å². The average Bonchev–Trinajstić information content (AvgIpc) is 1.88. The topological polar surface area (TPSA) is 60.9 Å². The highest BCUT2D eigenvalue weighted by atomic mass is 32.2. The third kappa shape index (κ3) is 1.27. The van der Waals surface area contributed by atoms with E-state index in [0.717, 1.165) is 3.97 Å². The maximum absolute atomic E-state index is 11.7. The van der Waals surface area contributed by atoms with Crippen LogP contribution in [0, 0.1) is 0 Å². The number of anilines is 1. The van der Waals surface area contributed by atoms with Crippen molar-refractivity contribution in [2.75, 3.05) is 5.73 Å². The minimum atomic E-state index is -0.701. The van der Waals surface area contributed by atoms with Crippen molar-refractivity contribution >= 4 is 18.2 Å². The monoisotopic (exact) mass is 161 g/mol. The first-order valence-electron chi connectivity index (χ1n) is 2.38. The van der Waals surface area contributed by atoms with E-state index in [2.05, 4.69) is 4.98 Å². The summed E-state index contributed by atoms with van der Waals surface area (Å²) in [7, 11) is 0. The number of halogens is 1. The molecule has 0 atom stereocenters. The number of rotatable bonds is 1. The number of hydrogen-bond donors (Lipinski definition) is 1. The van der Waals surface area contributed by atoms with Crippen molar-refractivity contribution in [3.8, 4) is 0 Å². The third-order valence-electron chi connectivity index (χ3n) is 0.868. The van der Waals surface area contributed by atoms with Crippen molar-refractivity contribution in [3.63, 3.8) is 0 Å². The van der Waals surface area contributed by atoms with Crippen molar-refractivity contribution in [2.45, 2.75) is 0 Å². The Morgan fingerprint density at radius 1 is 1.80 bits per heavy atom. The minimum absolute atomic E-state index is 0.0929. The van der Waals surface area contributed by atoms with E-state index in [4.69, 9.17) is 5.73 Å². The lowest BCUT2D eigenvalue weighted by Crippen LogP contribution is -2.17. The molecule has 4 nitrogen and oxygen atoms in total. The van der Waals surface area contributed by atoms with Crippen LogP contribution in [-0.4, -0.2) is 8.96 Å². The Labute approximate surface area is 60.3 Å². The second-order valence-corrected chi connectivity index (χ2v) is 2.06. The largest absolute Gasteiger partial charge is 0.383 e. The summed E-state index contributed by atoms with van der Waals surface area (Å²) >= 11 is -0.210. The zero-order valence-electron chi connectivity index (χ0n) is 4.82. The van der Waals surface area contributed by atoms with Crippen molar-refractivity contribution in [2.24, 2.45) is 0 Å². The Hall–Kier alpha value is -1.04. The molecule has 0 aromatic carbocycles. The van der Waals surface area contributed by atoms with Gasteiger partial charge in [-0.05, 0) is 6.07 Å². The summed E-state index contributed by atoms with van der Waals surface area (Å²) in [5.41, 5.74) is 4.42. The van der Waals surface area contributed by atoms with E-state index in [1.807, 2.05) is 0 Å². The fourth-order valence-electron chi connectivity index (χ4n) is 0.457. The van der Waals surface area contributed by atoms with Crippen LogP contribution >= 0.6 is 12.3 Å². The van der Waals surface area contributed by atoms with Gasteiger partial charge in [-0.3, -0.25) is 0 Å². The summed E-state index contributed by atoms with van der Waals surface area (Å²) in [6.07, 6.45) is 1.22. The van der Waals surface area contributed by atoms with Crippen LogP contribution in [0.1, 0.15) is 0 Å². The summed E-state index contributed by atoms with van der Waals surface area (Å²) in [5, 5.41) is 0. The normalized spacial score (nSPS) is 9.70. The first kappa shape index (κ1) is 7.07. The van der Waals surface area contributed by atoms with Gasteiger partial charge in [0.25, 0.3) is 0 Å². The van der Waals surface area contributed by atoms with Crippen molar-refractivity contribution in [1.82, 2.24) is 8.96 Å². The molecule has 0 aliphatic carbocycles. The van der Waals surface area contributed by atoms with Gasteiger partial charge < -0.3 is 5.73 Å². The van der Waals surface area contributed by atoms with Gasteiger partial charge in [0.1, 0.15) is 5.82 Å². The van der Waals surface area contributed by atoms with Gasteiger partial charge in [0, 0.05) is 6.20 Å². The van der Waals surface area contributed by atoms with Crippen LogP contribution in [0.15, 0.2) is 17.1 Å². The molecule has 0 aliphatic heterocycles. The summed E-state index contributed by atoms with van der Waals surface area (Å²) in [5.74, 6) is 0.0929. The van der Waals surface area contributed by atoms with Crippen LogP contribution in [0.2, 0.25) is 0 Å². The van der Waals surface area contributed by atoms with Crippen molar-refractivity contribution in [3.05, 3.63) is 22.7 Å². The number of nitrogen functional groups attached to an aromatic ring is 1. The Morgan fingerprint density at radius 3 is 3.00 bits per heavy atom. The lowest BCUT2D eigenvalue weighted by Gasteiger charge is -1.93. The summed E-state index contributed by atoms with van der Waals surface area (Å²) in [6.45, 7) is 0. The fourth-order valence-corrected chi connectivity index (χ4v) is 0.664. The SMILES string of the molecule is Nc1ccn(SF)c(=O)n1. The van der Waals surface area contributed by atoms with Crippen molar-refractivity contribution in [1.29, 1.82) is 0 Å². The van der Waals surface area contributed by atoms with Crippen LogP contribution in [0.5, 0.6) is 0 Å². The van der Waals surface area contributed by atoms with Gasteiger partial charge in [-0.15, -0.1) is 3.89 Å². The highest BCUT2D eigenvalue weighted by Gasteiger charge is 1.95. The van der Waals surface area contributed by atoms with E-state index in [1.165, 1.54) is 12.3 Å². The Morgan fingerprint density at radius 2 is 2.50 bits per heavy atom. The molecular weight excluding hydrogens is 157 g/mol. The summed E-state index contributed by atoms with van der Waals surface area (Å²) in [4.78, 5) is 13.9. The molecule has 2 N–H and O–H groups in total.